The van der Waals surface area contributed by atoms with Crippen molar-refractivity contribution in [2.75, 3.05) is 0 Å². The van der Waals surface area contributed by atoms with Crippen LogP contribution >= 0.6 is 0 Å². The summed E-state index contributed by atoms with van der Waals surface area (Å²) >= 11 is 0. The largest absolute Gasteiger partial charge is 0.481 e. The average Bonchev–Trinajstić information content (AvgIpc) is 2.45. The first kappa shape index (κ1) is 14.1. The Balaban J connectivity index is 2.17. The first-order valence-corrected chi connectivity index (χ1v) is 6.51. The molecule has 0 aromatic heterocycles. The summed E-state index contributed by atoms with van der Waals surface area (Å²) in [6.07, 6.45) is 0. The van der Waals surface area contributed by atoms with Crippen molar-refractivity contribution in [3.8, 4) is 0 Å². The number of benzene rings is 2. The Morgan fingerprint density at radius 2 is 1.70 bits per heavy atom. The number of fused-ring (bicyclic) bond motifs is 1. The van der Waals surface area contributed by atoms with Crippen molar-refractivity contribution in [2.24, 2.45) is 5.92 Å². The molecule has 0 fully saturated rings. The van der Waals surface area contributed by atoms with E-state index in [1.54, 1.807) is 19.9 Å². The van der Waals surface area contributed by atoms with E-state index >= 15 is 0 Å². The molecule has 2 aromatic rings. The van der Waals surface area contributed by atoms with Crippen molar-refractivity contribution in [3.05, 3.63) is 48.0 Å². The third-order valence-corrected chi connectivity index (χ3v) is 3.51. The van der Waals surface area contributed by atoms with Crippen LogP contribution in [0.4, 0.5) is 0 Å². The molecule has 0 spiro atoms. The molecule has 2 aromatic carbocycles. The fraction of sp³-hybridized carbons (Fsp3) is 0.250. The lowest BCUT2D eigenvalue weighted by Gasteiger charge is -2.17. The summed E-state index contributed by atoms with van der Waals surface area (Å²) in [5.41, 5.74) is 0.535. The van der Waals surface area contributed by atoms with Gasteiger partial charge in [-0.1, -0.05) is 30.3 Å². The van der Waals surface area contributed by atoms with E-state index in [9.17, 15) is 9.59 Å². The lowest BCUT2D eigenvalue weighted by Crippen LogP contribution is -2.40. The van der Waals surface area contributed by atoms with Crippen molar-refractivity contribution in [1.29, 1.82) is 0 Å². The monoisotopic (exact) mass is 271 g/mol. The second-order valence-corrected chi connectivity index (χ2v) is 4.95. The molecule has 2 N–H and O–H groups in total. The van der Waals surface area contributed by atoms with Crippen LogP contribution in [0.1, 0.15) is 24.2 Å². The molecule has 0 aliphatic carbocycles. The van der Waals surface area contributed by atoms with Gasteiger partial charge in [0.1, 0.15) is 0 Å². The van der Waals surface area contributed by atoms with Crippen LogP contribution < -0.4 is 5.32 Å². The summed E-state index contributed by atoms with van der Waals surface area (Å²) in [7, 11) is 0. The van der Waals surface area contributed by atoms with Gasteiger partial charge < -0.3 is 10.4 Å². The van der Waals surface area contributed by atoms with Crippen molar-refractivity contribution >= 4 is 22.6 Å². The molecule has 4 nitrogen and oxygen atoms in total. The highest BCUT2D eigenvalue weighted by Gasteiger charge is 2.21. The molecular weight excluding hydrogens is 254 g/mol. The van der Waals surface area contributed by atoms with Crippen LogP contribution in [-0.4, -0.2) is 23.0 Å². The quantitative estimate of drug-likeness (QED) is 0.898. The lowest BCUT2D eigenvalue weighted by molar-refractivity contribution is -0.141. The predicted molar refractivity (Wildman–Crippen MR) is 77.7 cm³/mol. The van der Waals surface area contributed by atoms with E-state index in [1.165, 1.54) is 0 Å². The van der Waals surface area contributed by atoms with Gasteiger partial charge >= 0.3 is 5.97 Å². The van der Waals surface area contributed by atoms with Crippen molar-refractivity contribution in [2.45, 2.75) is 19.9 Å². The number of carbonyl (C=O) groups excluding carboxylic acids is 1. The molecule has 2 unspecified atom stereocenters. The fourth-order valence-electron chi connectivity index (χ4n) is 1.96. The Labute approximate surface area is 117 Å². The number of hydrogen-bond donors (Lipinski definition) is 2. The molecule has 0 aliphatic heterocycles. The van der Waals surface area contributed by atoms with Crippen LogP contribution in [0, 0.1) is 5.92 Å². The highest BCUT2D eigenvalue weighted by molar-refractivity contribution is 5.98. The van der Waals surface area contributed by atoms with Crippen LogP contribution in [0.3, 0.4) is 0 Å². The molecule has 0 saturated carbocycles. The van der Waals surface area contributed by atoms with Gasteiger partial charge in [-0.3, -0.25) is 9.59 Å². The maximum atomic E-state index is 12.1. The number of rotatable bonds is 4. The summed E-state index contributed by atoms with van der Waals surface area (Å²) in [5, 5.41) is 13.7. The second-order valence-electron chi connectivity index (χ2n) is 4.95. The average molecular weight is 271 g/mol. The number of nitrogens with one attached hydrogen (secondary N) is 1. The Morgan fingerprint density at radius 1 is 1.05 bits per heavy atom. The summed E-state index contributed by atoms with van der Waals surface area (Å²) in [6.45, 7) is 3.27. The molecule has 104 valence electrons. The lowest BCUT2D eigenvalue weighted by atomic mass is 10.0. The first-order chi connectivity index (χ1) is 9.49. The molecule has 0 heterocycles. The Bertz CT molecular complexity index is 651. The van der Waals surface area contributed by atoms with Crippen molar-refractivity contribution < 1.29 is 14.7 Å². The van der Waals surface area contributed by atoms with E-state index < -0.39 is 17.9 Å². The molecule has 20 heavy (non-hydrogen) atoms. The second kappa shape index (κ2) is 5.74. The van der Waals surface area contributed by atoms with E-state index in [0.29, 0.717) is 5.56 Å². The first-order valence-electron chi connectivity index (χ1n) is 6.51. The topological polar surface area (TPSA) is 66.4 Å². The maximum Gasteiger partial charge on any atom is 0.308 e. The van der Waals surface area contributed by atoms with Gasteiger partial charge in [0.15, 0.2) is 0 Å². The minimum absolute atomic E-state index is 0.253. The summed E-state index contributed by atoms with van der Waals surface area (Å²) in [6, 6.07) is 12.8. The highest BCUT2D eigenvalue weighted by Crippen LogP contribution is 2.16. The zero-order valence-electron chi connectivity index (χ0n) is 11.5. The molecule has 2 rings (SSSR count). The van der Waals surface area contributed by atoms with Crippen LogP contribution in [-0.2, 0) is 4.79 Å². The third kappa shape index (κ3) is 2.96. The van der Waals surface area contributed by atoms with Gasteiger partial charge in [0.2, 0.25) is 0 Å². The van der Waals surface area contributed by atoms with Crippen LogP contribution in [0.25, 0.3) is 10.8 Å². The zero-order valence-corrected chi connectivity index (χ0v) is 11.5. The van der Waals surface area contributed by atoms with Gasteiger partial charge in [-0.05, 0) is 36.8 Å². The van der Waals surface area contributed by atoms with Crippen molar-refractivity contribution in [3.63, 3.8) is 0 Å². The number of aliphatic carboxylic acids is 1. The molecule has 2 atom stereocenters. The fourth-order valence-corrected chi connectivity index (χ4v) is 1.96. The Hall–Kier alpha value is -2.36. The minimum Gasteiger partial charge on any atom is -0.481 e. The van der Waals surface area contributed by atoms with Gasteiger partial charge in [0.05, 0.1) is 5.92 Å². The third-order valence-electron chi connectivity index (χ3n) is 3.51. The van der Waals surface area contributed by atoms with Gasteiger partial charge in [-0.25, -0.2) is 0 Å². The predicted octanol–water partition coefficient (Wildman–Crippen LogP) is 2.68. The Morgan fingerprint density at radius 3 is 2.35 bits per heavy atom. The number of carbonyl (C=O) groups is 2. The van der Waals surface area contributed by atoms with E-state index in [4.69, 9.17) is 5.11 Å². The molecule has 0 saturated heterocycles. The molecule has 0 radical (unpaired) electrons. The minimum atomic E-state index is -0.920. The van der Waals surface area contributed by atoms with E-state index in [1.807, 2.05) is 36.4 Å². The van der Waals surface area contributed by atoms with Gasteiger partial charge in [-0.2, -0.15) is 0 Å². The SMILES string of the molecule is CC(NC(=O)c1ccc2ccccc2c1)C(C)C(=O)O. The van der Waals surface area contributed by atoms with Gasteiger partial charge in [0, 0.05) is 11.6 Å². The smallest absolute Gasteiger partial charge is 0.308 e. The summed E-state index contributed by atoms with van der Waals surface area (Å²) in [4.78, 5) is 23.0. The van der Waals surface area contributed by atoms with Crippen molar-refractivity contribution in [1.82, 2.24) is 5.32 Å². The number of carboxylic acids is 1. The number of amides is 1. The normalized spacial score (nSPS) is 13.7. The molecular formula is C16H17NO3. The summed E-state index contributed by atoms with van der Waals surface area (Å²) in [5.74, 6) is -1.80. The molecule has 4 heteroatoms. The number of hydrogen-bond acceptors (Lipinski definition) is 2. The molecule has 0 bridgehead atoms. The number of carboxylic acid groups (broad SMARTS) is 1. The van der Waals surface area contributed by atoms with Crippen LogP contribution in [0.15, 0.2) is 42.5 Å². The molecule has 0 aliphatic rings. The van der Waals surface area contributed by atoms with Gasteiger partial charge in [0.25, 0.3) is 5.91 Å². The van der Waals surface area contributed by atoms with Crippen LogP contribution in [0.5, 0.6) is 0 Å². The van der Waals surface area contributed by atoms with E-state index in [2.05, 4.69) is 5.32 Å². The standard InChI is InChI=1S/C16H17NO3/c1-10(16(19)20)11(2)17-15(18)14-8-7-12-5-3-4-6-13(12)9-14/h3-11H,1-2H3,(H,17,18)(H,19,20). The zero-order chi connectivity index (χ0) is 14.7. The van der Waals surface area contributed by atoms with E-state index in [0.717, 1.165) is 10.8 Å². The highest BCUT2D eigenvalue weighted by atomic mass is 16.4. The van der Waals surface area contributed by atoms with Gasteiger partial charge in [-0.15, -0.1) is 0 Å². The Kier molecular flexibility index (Phi) is 4.03. The summed E-state index contributed by atoms with van der Waals surface area (Å²) < 4.78 is 0. The maximum absolute atomic E-state index is 12.1. The van der Waals surface area contributed by atoms with E-state index in [-0.39, 0.29) is 5.91 Å². The van der Waals surface area contributed by atoms with Crippen LogP contribution in [0.2, 0.25) is 0 Å². The molecule has 1 amide bonds.